The number of carbonyl (C=O) groups is 1. The van der Waals surface area contributed by atoms with E-state index in [-0.39, 0.29) is 18.6 Å². The Labute approximate surface area is 85.2 Å². The van der Waals surface area contributed by atoms with Crippen molar-refractivity contribution in [2.24, 2.45) is 5.92 Å². The standard InChI is InChI=1S/C11H19NO2/c13-11-8-14-10(7-12-11)9-5-3-1-2-4-6-9/h9-10H,1-8H2,(H,12,13). The Morgan fingerprint density at radius 3 is 2.43 bits per heavy atom. The smallest absolute Gasteiger partial charge is 0.246 e. The van der Waals surface area contributed by atoms with Gasteiger partial charge in [0.2, 0.25) is 5.91 Å². The van der Waals surface area contributed by atoms with Gasteiger partial charge in [0.1, 0.15) is 6.61 Å². The van der Waals surface area contributed by atoms with Gasteiger partial charge in [0.25, 0.3) is 0 Å². The van der Waals surface area contributed by atoms with Crippen molar-refractivity contribution in [3.63, 3.8) is 0 Å². The average molecular weight is 197 g/mol. The quantitative estimate of drug-likeness (QED) is 0.646. The zero-order chi connectivity index (χ0) is 9.80. The molecule has 0 aromatic heterocycles. The maximum Gasteiger partial charge on any atom is 0.246 e. The van der Waals surface area contributed by atoms with Crippen LogP contribution in [0.1, 0.15) is 38.5 Å². The Hall–Kier alpha value is -0.570. The number of amides is 1. The summed E-state index contributed by atoms with van der Waals surface area (Å²) in [7, 11) is 0. The van der Waals surface area contributed by atoms with Crippen molar-refractivity contribution >= 4 is 5.91 Å². The first-order valence-corrected chi connectivity index (χ1v) is 5.74. The molecular formula is C11H19NO2. The van der Waals surface area contributed by atoms with Crippen molar-refractivity contribution in [2.45, 2.75) is 44.6 Å². The van der Waals surface area contributed by atoms with E-state index in [1.807, 2.05) is 0 Å². The lowest BCUT2D eigenvalue weighted by Crippen LogP contribution is -2.46. The van der Waals surface area contributed by atoms with Crippen LogP contribution in [0.15, 0.2) is 0 Å². The predicted octanol–water partition coefficient (Wildman–Crippen LogP) is 1.47. The molecule has 2 rings (SSSR count). The second kappa shape index (κ2) is 4.78. The van der Waals surface area contributed by atoms with E-state index in [0.29, 0.717) is 5.92 Å². The van der Waals surface area contributed by atoms with Crippen LogP contribution in [-0.4, -0.2) is 25.2 Å². The van der Waals surface area contributed by atoms with E-state index < -0.39 is 0 Å². The summed E-state index contributed by atoms with van der Waals surface area (Å²) in [6.07, 6.45) is 8.24. The Bertz CT molecular complexity index is 187. The van der Waals surface area contributed by atoms with Gasteiger partial charge in [-0.2, -0.15) is 0 Å². The first kappa shape index (κ1) is 9.97. The fourth-order valence-electron chi connectivity index (χ4n) is 2.49. The first-order valence-electron chi connectivity index (χ1n) is 5.74. The SMILES string of the molecule is O=C1COC(C2CCCCCC2)CN1. The Morgan fingerprint density at radius 2 is 1.86 bits per heavy atom. The third-order valence-electron chi connectivity index (χ3n) is 3.35. The number of carbonyl (C=O) groups excluding carboxylic acids is 1. The van der Waals surface area contributed by atoms with Gasteiger partial charge in [-0.25, -0.2) is 0 Å². The number of morpholine rings is 1. The van der Waals surface area contributed by atoms with E-state index >= 15 is 0 Å². The molecule has 1 saturated heterocycles. The Kier molecular flexibility index (Phi) is 3.40. The van der Waals surface area contributed by atoms with Crippen LogP contribution in [0.3, 0.4) is 0 Å². The van der Waals surface area contributed by atoms with Gasteiger partial charge in [-0.05, 0) is 18.8 Å². The first-order chi connectivity index (χ1) is 6.86. The molecule has 1 amide bonds. The molecule has 0 bridgehead atoms. The Morgan fingerprint density at radius 1 is 1.14 bits per heavy atom. The summed E-state index contributed by atoms with van der Waals surface area (Å²) in [5.74, 6) is 0.716. The second-order valence-corrected chi connectivity index (χ2v) is 4.41. The highest BCUT2D eigenvalue weighted by Gasteiger charge is 2.27. The van der Waals surface area contributed by atoms with Crippen LogP contribution < -0.4 is 5.32 Å². The largest absolute Gasteiger partial charge is 0.366 e. The van der Waals surface area contributed by atoms with Crippen molar-refractivity contribution in [3.8, 4) is 0 Å². The zero-order valence-corrected chi connectivity index (χ0v) is 8.63. The molecule has 2 aliphatic rings. The molecule has 80 valence electrons. The lowest BCUT2D eigenvalue weighted by Gasteiger charge is -2.29. The van der Waals surface area contributed by atoms with E-state index in [0.717, 1.165) is 6.54 Å². The summed E-state index contributed by atoms with van der Waals surface area (Å²) in [6.45, 7) is 0.991. The van der Waals surface area contributed by atoms with E-state index in [1.54, 1.807) is 0 Å². The normalized spacial score (nSPS) is 30.9. The van der Waals surface area contributed by atoms with Gasteiger partial charge < -0.3 is 10.1 Å². The fraction of sp³-hybridized carbons (Fsp3) is 0.909. The molecule has 1 unspecified atom stereocenters. The molecule has 3 heteroatoms. The molecule has 1 aliphatic carbocycles. The second-order valence-electron chi connectivity index (χ2n) is 4.41. The van der Waals surface area contributed by atoms with E-state index in [2.05, 4.69) is 5.32 Å². The van der Waals surface area contributed by atoms with Crippen molar-refractivity contribution in [1.29, 1.82) is 0 Å². The molecule has 0 aromatic rings. The number of nitrogens with one attached hydrogen (secondary N) is 1. The van der Waals surface area contributed by atoms with Gasteiger partial charge in [0, 0.05) is 6.54 Å². The lowest BCUT2D eigenvalue weighted by molar-refractivity contribution is -0.135. The van der Waals surface area contributed by atoms with Crippen molar-refractivity contribution < 1.29 is 9.53 Å². The number of rotatable bonds is 1. The van der Waals surface area contributed by atoms with Gasteiger partial charge in [-0.1, -0.05) is 25.7 Å². The van der Waals surface area contributed by atoms with Crippen LogP contribution in [0.2, 0.25) is 0 Å². The minimum atomic E-state index is 0.0369. The van der Waals surface area contributed by atoms with Crippen LogP contribution in [-0.2, 0) is 9.53 Å². The van der Waals surface area contributed by atoms with Gasteiger partial charge >= 0.3 is 0 Å². The fourth-order valence-corrected chi connectivity index (χ4v) is 2.49. The van der Waals surface area contributed by atoms with Gasteiger partial charge in [-0.15, -0.1) is 0 Å². The van der Waals surface area contributed by atoms with Crippen LogP contribution in [0, 0.1) is 5.92 Å². The molecule has 1 heterocycles. The molecule has 1 N–H and O–H groups in total. The molecule has 3 nitrogen and oxygen atoms in total. The molecule has 0 aromatic carbocycles. The van der Waals surface area contributed by atoms with E-state index in [1.165, 1.54) is 38.5 Å². The molecule has 1 atom stereocenters. The van der Waals surface area contributed by atoms with Crippen molar-refractivity contribution in [3.05, 3.63) is 0 Å². The summed E-state index contributed by atoms with van der Waals surface area (Å²) in [5, 5.41) is 2.89. The molecule has 1 saturated carbocycles. The van der Waals surface area contributed by atoms with Crippen LogP contribution in [0.25, 0.3) is 0 Å². The maximum atomic E-state index is 10.9. The van der Waals surface area contributed by atoms with Crippen molar-refractivity contribution in [2.75, 3.05) is 13.2 Å². The summed E-state index contributed by atoms with van der Waals surface area (Å²) in [5.41, 5.74) is 0. The zero-order valence-electron chi connectivity index (χ0n) is 8.63. The van der Waals surface area contributed by atoms with Gasteiger partial charge in [-0.3, -0.25) is 4.79 Å². The summed E-state index contributed by atoms with van der Waals surface area (Å²) in [4.78, 5) is 10.9. The molecule has 14 heavy (non-hydrogen) atoms. The number of hydrogen-bond acceptors (Lipinski definition) is 2. The van der Waals surface area contributed by atoms with E-state index in [9.17, 15) is 4.79 Å². The molecular weight excluding hydrogens is 178 g/mol. The van der Waals surface area contributed by atoms with Crippen LogP contribution in [0.5, 0.6) is 0 Å². The molecule has 2 fully saturated rings. The van der Waals surface area contributed by atoms with Crippen LogP contribution >= 0.6 is 0 Å². The monoisotopic (exact) mass is 197 g/mol. The summed E-state index contributed by atoms with van der Waals surface area (Å²) in [6, 6.07) is 0. The number of ether oxygens (including phenoxy) is 1. The molecule has 0 spiro atoms. The highest BCUT2D eigenvalue weighted by Crippen LogP contribution is 2.27. The summed E-state index contributed by atoms with van der Waals surface area (Å²) >= 11 is 0. The van der Waals surface area contributed by atoms with Crippen LogP contribution in [0.4, 0.5) is 0 Å². The third-order valence-corrected chi connectivity index (χ3v) is 3.35. The van der Waals surface area contributed by atoms with Crippen molar-refractivity contribution in [1.82, 2.24) is 5.32 Å². The Balaban J connectivity index is 1.83. The minimum Gasteiger partial charge on any atom is -0.366 e. The molecule has 0 radical (unpaired) electrons. The molecule has 1 aliphatic heterocycles. The lowest BCUT2D eigenvalue weighted by atomic mass is 9.93. The van der Waals surface area contributed by atoms with Gasteiger partial charge in [0.05, 0.1) is 6.10 Å². The maximum absolute atomic E-state index is 10.9. The predicted molar refractivity (Wildman–Crippen MR) is 53.9 cm³/mol. The number of hydrogen-bond donors (Lipinski definition) is 1. The summed E-state index contributed by atoms with van der Waals surface area (Å²) < 4.78 is 5.57. The van der Waals surface area contributed by atoms with Gasteiger partial charge in [0.15, 0.2) is 0 Å². The minimum absolute atomic E-state index is 0.0369. The highest BCUT2D eigenvalue weighted by atomic mass is 16.5. The van der Waals surface area contributed by atoms with E-state index in [4.69, 9.17) is 4.74 Å². The topological polar surface area (TPSA) is 38.3 Å². The third kappa shape index (κ3) is 2.47. The average Bonchev–Trinajstić information content (AvgIpc) is 2.47. The highest BCUT2D eigenvalue weighted by molar-refractivity contribution is 5.77.